The molecule has 4 nitrogen and oxygen atoms in total. The molecule has 6 atom stereocenters. The van der Waals surface area contributed by atoms with Crippen LogP contribution in [0.3, 0.4) is 0 Å². The summed E-state index contributed by atoms with van der Waals surface area (Å²) in [6.07, 6.45) is 6.56. The monoisotopic (exact) mass is 322 g/mol. The zero-order valence-electron chi connectivity index (χ0n) is 13.8. The smallest absolute Gasteiger partial charge is 0.235 e. The molecule has 2 saturated carbocycles. The van der Waals surface area contributed by atoms with Gasteiger partial charge >= 0.3 is 0 Å². The van der Waals surface area contributed by atoms with Crippen molar-refractivity contribution < 1.29 is 9.59 Å². The van der Waals surface area contributed by atoms with Crippen molar-refractivity contribution in [3.8, 4) is 0 Å². The maximum atomic E-state index is 12.9. The lowest BCUT2D eigenvalue weighted by Gasteiger charge is -2.37. The summed E-state index contributed by atoms with van der Waals surface area (Å²) in [6, 6.07) is 8.08. The Labute approximate surface area is 141 Å². The molecule has 0 radical (unpaired) electrons. The molecule has 4 aliphatic carbocycles. The van der Waals surface area contributed by atoms with E-state index in [9.17, 15) is 9.59 Å². The quantitative estimate of drug-likeness (QED) is 0.685. The summed E-state index contributed by atoms with van der Waals surface area (Å²) in [5.41, 5.74) is 2.22. The van der Waals surface area contributed by atoms with Crippen molar-refractivity contribution in [1.82, 2.24) is 4.90 Å². The minimum Gasteiger partial charge on any atom is -0.367 e. The van der Waals surface area contributed by atoms with Crippen LogP contribution >= 0.6 is 0 Å². The molecule has 4 heteroatoms. The highest BCUT2D eigenvalue weighted by molar-refractivity contribution is 6.06. The van der Waals surface area contributed by atoms with Crippen molar-refractivity contribution in [1.29, 1.82) is 0 Å². The average Bonchev–Trinajstić information content (AvgIpc) is 3.39. The Kier molecular flexibility index (Phi) is 2.94. The van der Waals surface area contributed by atoms with Crippen molar-refractivity contribution in [3.05, 3.63) is 42.0 Å². The van der Waals surface area contributed by atoms with Crippen LogP contribution in [0.25, 0.3) is 0 Å². The van der Waals surface area contributed by atoms with Gasteiger partial charge in [0, 0.05) is 5.69 Å². The average molecular weight is 322 g/mol. The molecule has 5 aliphatic rings. The summed E-state index contributed by atoms with van der Waals surface area (Å²) in [6.45, 7) is 2.40. The number of benzene rings is 1. The van der Waals surface area contributed by atoms with E-state index in [0.717, 1.165) is 12.1 Å². The summed E-state index contributed by atoms with van der Waals surface area (Å²) in [5.74, 6) is 1.80. The second-order valence-corrected chi connectivity index (χ2v) is 7.60. The highest BCUT2D eigenvalue weighted by Gasteiger charge is 2.66. The van der Waals surface area contributed by atoms with E-state index in [4.69, 9.17) is 0 Å². The van der Waals surface area contributed by atoms with E-state index in [1.165, 1.54) is 16.9 Å². The zero-order valence-corrected chi connectivity index (χ0v) is 13.8. The second kappa shape index (κ2) is 4.95. The number of aryl methyl sites for hydroxylation is 1. The van der Waals surface area contributed by atoms with Crippen molar-refractivity contribution >= 4 is 17.5 Å². The molecule has 124 valence electrons. The van der Waals surface area contributed by atoms with E-state index >= 15 is 0 Å². The van der Waals surface area contributed by atoms with Crippen LogP contribution in [0.2, 0.25) is 0 Å². The summed E-state index contributed by atoms with van der Waals surface area (Å²) in [7, 11) is 0. The number of carbonyl (C=O) groups excluding carboxylic acids is 2. The molecule has 2 amide bonds. The van der Waals surface area contributed by atoms with Gasteiger partial charge in [-0.05, 0) is 48.1 Å². The van der Waals surface area contributed by atoms with Gasteiger partial charge < -0.3 is 5.32 Å². The number of rotatable bonds is 4. The largest absolute Gasteiger partial charge is 0.367 e. The first-order valence-corrected chi connectivity index (χ1v) is 9.06. The van der Waals surface area contributed by atoms with Crippen LogP contribution < -0.4 is 5.32 Å². The lowest BCUT2D eigenvalue weighted by molar-refractivity contribution is -0.139. The SMILES string of the molecule is CCc1ccccc1NCN1C(=O)[C@H]2[C@@H]3C=C[C@@H]([C@H]4C[C@H]34)[C@@H]2C1=O. The molecule has 1 aromatic carbocycles. The standard InChI is InChI=1S/C20H22N2O2/c1-2-11-5-3-4-6-16(11)21-10-22-19(23)17-12-7-8-13(15-9-14(12)15)18(17)20(22)24/h3-8,12-15,17-18,21H,2,9-10H2,1H3/t12-,13+,14-,15-,17+,18+/m1/s1. The number of imide groups is 1. The Morgan fingerprint density at radius 2 is 1.67 bits per heavy atom. The van der Waals surface area contributed by atoms with Gasteiger partial charge in [0.2, 0.25) is 11.8 Å². The first-order chi connectivity index (χ1) is 11.7. The number of para-hydroxylation sites is 1. The zero-order chi connectivity index (χ0) is 16.4. The minimum absolute atomic E-state index is 0.0381. The molecule has 0 unspecified atom stereocenters. The lowest BCUT2D eigenvalue weighted by Crippen LogP contribution is -2.40. The topological polar surface area (TPSA) is 49.4 Å². The van der Waals surface area contributed by atoms with Gasteiger partial charge in [0.25, 0.3) is 0 Å². The van der Waals surface area contributed by atoms with E-state index < -0.39 is 0 Å². The third-order valence-electron chi connectivity index (χ3n) is 6.58. The first kappa shape index (κ1) is 14.3. The van der Waals surface area contributed by atoms with E-state index in [2.05, 4.69) is 30.5 Å². The molecule has 0 aromatic heterocycles. The van der Waals surface area contributed by atoms with Gasteiger partial charge in [-0.3, -0.25) is 14.5 Å². The number of nitrogens with zero attached hydrogens (tertiary/aromatic N) is 1. The van der Waals surface area contributed by atoms with Crippen LogP contribution in [0.5, 0.6) is 0 Å². The Hall–Kier alpha value is -2.10. The van der Waals surface area contributed by atoms with Crippen LogP contribution in [0, 0.1) is 35.5 Å². The van der Waals surface area contributed by atoms with Crippen molar-refractivity contribution in [3.63, 3.8) is 0 Å². The third-order valence-corrected chi connectivity index (χ3v) is 6.58. The summed E-state index contributed by atoms with van der Waals surface area (Å²) in [5, 5.41) is 3.31. The number of carbonyl (C=O) groups is 2. The van der Waals surface area contributed by atoms with Crippen molar-refractivity contribution in [2.75, 3.05) is 12.0 Å². The fourth-order valence-corrected chi connectivity index (χ4v) is 5.34. The summed E-state index contributed by atoms with van der Waals surface area (Å²) < 4.78 is 0. The molecule has 1 aromatic rings. The van der Waals surface area contributed by atoms with Crippen molar-refractivity contribution in [2.24, 2.45) is 35.5 Å². The van der Waals surface area contributed by atoms with E-state index in [-0.39, 0.29) is 30.3 Å². The molecular weight excluding hydrogens is 300 g/mol. The molecule has 2 bridgehead atoms. The van der Waals surface area contributed by atoms with Crippen molar-refractivity contribution in [2.45, 2.75) is 19.8 Å². The van der Waals surface area contributed by atoms with E-state index in [1.807, 2.05) is 18.2 Å². The van der Waals surface area contributed by atoms with Crippen LogP contribution in [-0.4, -0.2) is 23.4 Å². The van der Waals surface area contributed by atoms with E-state index in [1.54, 1.807) is 0 Å². The molecule has 1 N–H and O–H groups in total. The number of hydrogen-bond acceptors (Lipinski definition) is 3. The molecule has 1 aliphatic heterocycles. The molecule has 0 spiro atoms. The predicted octanol–water partition coefficient (Wildman–Crippen LogP) is 2.67. The number of amides is 2. The fraction of sp³-hybridized carbons (Fsp3) is 0.500. The molecular formula is C20H22N2O2. The number of allylic oxidation sites excluding steroid dienone is 2. The fourth-order valence-electron chi connectivity index (χ4n) is 5.34. The summed E-state index contributed by atoms with van der Waals surface area (Å²) >= 11 is 0. The van der Waals surface area contributed by atoms with Crippen LogP contribution in [-0.2, 0) is 16.0 Å². The normalized spacial score (nSPS) is 38.3. The number of anilines is 1. The Bertz CT molecular complexity index is 720. The van der Waals surface area contributed by atoms with Gasteiger partial charge in [-0.1, -0.05) is 37.3 Å². The summed E-state index contributed by atoms with van der Waals surface area (Å²) in [4.78, 5) is 27.3. The van der Waals surface area contributed by atoms with Gasteiger partial charge in [0.1, 0.15) is 0 Å². The van der Waals surface area contributed by atoms with Gasteiger partial charge in [0.05, 0.1) is 18.5 Å². The van der Waals surface area contributed by atoms with Crippen LogP contribution in [0.4, 0.5) is 5.69 Å². The molecule has 6 rings (SSSR count). The maximum Gasteiger partial charge on any atom is 0.235 e. The van der Waals surface area contributed by atoms with Gasteiger partial charge in [-0.15, -0.1) is 0 Å². The second-order valence-electron chi connectivity index (χ2n) is 7.60. The van der Waals surface area contributed by atoms with Gasteiger partial charge in [-0.2, -0.15) is 0 Å². The lowest BCUT2D eigenvalue weighted by atomic mass is 9.63. The Balaban J connectivity index is 1.37. The number of hydrogen-bond donors (Lipinski definition) is 1. The highest BCUT2D eigenvalue weighted by atomic mass is 16.2. The number of nitrogens with one attached hydrogen (secondary N) is 1. The molecule has 1 heterocycles. The van der Waals surface area contributed by atoms with E-state index in [0.29, 0.717) is 23.7 Å². The van der Waals surface area contributed by atoms with Crippen LogP contribution in [0.1, 0.15) is 18.9 Å². The highest BCUT2D eigenvalue weighted by Crippen LogP contribution is 2.65. The van der Waals surface area contributed by atoms with Gasteiger partial charge in [-0.25, -0.2) is 0 Å². The van der Waals surface area contributed by atoms with Crippen LogP contribution in [0.15, 0.2) is 36.4 Å². The predicted molar refractivity (Wildman–Crippen MR) is 90.9 cm³/mol. The molecule has 1 saturated heterocycles. The molecule has 24 heavy (non-hydrogen) atoms. The minimum atomic E-state index is -0.0977. The molecule has 3 fully saturated rings. The Morgan fingerprint density at radius 1 is 1.04 bits per heavy atom. The van der Waals surface area contributed by atoms with Gasteiger partial charge in [0.15, 0.2) is 0 Å². The third kappa shape index (κ3) is 1.80. The maximum absolute atomic E-state index is 12.9. The Morgan fingerprint density at radius 3 is 2.29 bits per heavy atom. The first-order valence-electron chi connectivity index (χ1n) is 9.06. The number of likely N-dealkylation sites (tertiary alicyclic amines) is 1.